The summed E-state index contributed by atoms with van der Waals surface area (Å²) in [5, 5.41) is 23.3. The second-order valence-corrected chi connectivity index (χ2v) is 5.71. The Morgan fingerprint density at radius 1 is 0.800 bits per heavy atom. The van der Waals surface area contributed by atoms with Gasteiger partial charge in [0.25, 0.3) is 0 Å². The molecule has 0 unspecified atom stereocenters. The van der Waals surface area contributed by atoms with Crippen molar-refractivity contribution in [2.45, 2.75) is 0 Å². The summed E-state index contributed by atoms with van der Waals surface area (Å²) in [4.78, 5) is 3.43. The predicted molar refractivity (Wildman–Crippen MR) is 95.4 cm³/mol. The van der Waals surface area contributed by atoms with Gasteiger partial charge >= 0.3 is 0 Å². The molecule has 0 saturated carbocycles. The van der Waals surface area contributed by atoms with Crippen LogP contribution in [0.1, 0.15) is 0 Å². The van der Waals surface area contributed by atoms with E-state index < -0.39 is 0 Å². The third-order valence-corrected chi connectivity index (χ3v) is 4.38. The number of benzene rings is 2. The Morgan fingerprint density at radius 3 is 2.16 bits per heavy atom. The van der Waals surface area contributed by atoms with Crippen LogP contribution in [0.25, 0.3) is 44.3 Å². The van der Waals surface area contributed by atoms with E-state index in [-0.39, 0.29) is 0 Å². The van der Waals surface area contributed by atoms with Crippen molar-refractivity contribution in [3.63, 3.8) is 0 Å². The van der Waals surface area contributed by atoms with Crippen LogP contribution >= 0.6 is 0 Å². The SMILES string of the molecule is Nc1c(-c2cn[nH]n2)c(-c2cn[nH]n2)c2[nH]c3ccccc3c2c1N. The number of aromatic nitrogens is 7. The standard InChI is InChI=1S/C16H13N9/c17-14-11-7-3-1-2-4-8(7)21-16(11)13(10-6-20-25-23-10)12(15(14)18)9-5-19-24-22-9/h1-6,21H,17-18H2,(H,19,22,24)(H,20,23,25). The summed E-state index contributed by atoms with van der Waals surface area (Å²) in [6.45, 7) is 0. The van der Waals surface area contributed by atoms with Gasteiger partial charge in [0.2, 0.25) is 0 Å². The maximum Gasteiger partial charge on any atom is 0.115 e. The molecular formula is C16H13N9. The first-order valence-electron chi connectivity index (χ1n) is 7.59. The van der Waals surface area contributed by atoms with Gasteiger partial charge in [-0.25, -0.2) is 0 Å². The number of nitrogens with zero attached hydrogens (tertiary/aromatic N) is 4. The summed E-state index contributed by atoms with van der Waals surface area (Å²) < 4.78 is 0. The minimum absolute atomic E-state index is 0.434. The van der Waals surface area contributed by atoms with Crippen LogP contribution < -0.4 is 11.5 Å². The van der Waals surface area contributed by atoms with Crippen molar-refractivity contribution in [1.82, 2.24) is 35.8 Å². The van der Waals surface area contributed by atoms with Gasteiger partial charge in [-0.1, -0.05) is 18.2 Å². The van der Waals surface area contributed by atoms with Crippen LogP contribution in [-0.2, 0) is 0 Å². The molecule has 3 heterocycles. The predicted octanol–water partition coefficient (Wildman–Crippen LogP) is 2.06. The van der Waals surface area contributed by atoms with Crippen molar-refractivity contribution in [2.24, 2.45) is 0 Å². The number of H-pyrrole nitrogens is 3. The largest absolute Gasteiger partial charge is 0.396 e. The van der Waals surface area contributed by atoms with Crippen molar-refractivity contribution < 1.29 is 0 Å². The highest BCUT2D eigenvalue weighted by atomic mass is 15.3. The number of hydrogen-bond acceptors (Lipinski definition) is 6. The fourth-order valence-electron chi connectivity index (χ4n) is 3.30. The number of nitrogens with two attached hydrogens (primary N) is 2. The zero-order chi connectivity index (χ0) is 17.0. The maximum atomic E-state index is 6.42. The zero-order valence-electron chi connectivity index (χ0n) is 12.9. The van der Waals surface area contributed by atoms with E-state index >= 15 is 0 Å². The summed E-state index contributed by atoms with van der Waals surface area (Å²) in [6, 6.07) is 7.93. The van der Waals surface area contributed by atoms with Crippen molar-refractivity contribution in [3.05, 3.63) is 36.7 Å². The van der Waals surface area contributed by atoms with E-state index in [4.69, 9.17) is 11.5 Å². The van der Waals surface area contributed by atoms with Crippen molar-refractivity contribution in [1.29, 1.82) is 0 Å². The lowest BCUT2D eigenvalue weighted by atomic mass is 9.95. The molecule has 2 aromatic carbocycles. The van der Waals surface area contributed by atoms with E-state index in [2.05, 4.69) is 35.8 Å². The maximum absolute atomic E-state index is 6.42. The summed E-state index contributed by atoms with van der Waals surface area (Å²) in [6.07, 6.45) is 3.24. The van der Waals surface area contributed by atoms with Crippen molar-refractivity contribution >= 4 is 33.2 Å². The smallest absolute Gasteiger partial charge is 0.115 e. The molecule has 3 aromatic heterocycles. The van der Waals surface area contributed by atoms with E-state index in [1.54, 1.807) is 12.4 Å². The topological polar surface area (TPSA) is 151 Å². The van der Waals surface area contributed by atoms with Gasteiger partial charge in [-0.2, -0.15) is 30.8 Å². The molecule has 0 radical (unpaired) electrons. The van der Waals surface area contributed by atoms with Gasteiger partial charge in [-0.05, 0) is 6.07 Å². The fraction of sp³-hybridized carbons (Fsp3) is 0. The lowest BCUT2D eigenvalue weighted by molar-refractivity contribution is 0.940. The van der Waals surface area contributed by atoms with Gasteiger partial charge in [0.05, 0.1) is 29.3 Å². The number of rotatable bonds is 2. The quantitative estimate of drug-likeness (QED) is 0.312. The number of nitrogen functional groups attached to an aromatic ring is 2. The van der Waals surface area contributed by atoms with Gasteiger partial charge in [0.1, 0.15) is 11.4 Å². The molecule has 0 aliphatic carbocycles. The van der Waals surface area contributed by atoms with Crippen LogP contribution in [-0.4, -0.2) is 35.8 Å². The average molecular weight is 331 g/mol. The minimum Gasteiger partial charge on any atom is -0.396 e. The Hall–Kier alpha value is -3.88. The number of fused-ring (bicyclic) bond motifs is 3. The van der Waals surface area contributed by atoms with Crippen LogP contribution in [0.4, 0.5) is 11.4 Å². The molecular weight excluding hydrogens is 318 g/mol. The van der Waals surface area contributed by atoms with Crippen LogP contribution in [0.3, 0.4) is 0 Å². The van der Waals surface area contributed by atoms with Crippen LogP contribution in [0.15, 0.2) is 36.7 Å². The van der Waals surface area contributed by atoms with Crippen molar-refractivity contribution in [2.75, 3.05) is 11.5 Å². The molecule has 5 aromatic rings. The molecule has 0 fully saturated rings. The molecule has 0 aliphatic heterocycles. The minimum atomic E-state index is 0.434. The van der Waals surface area contributed by atoms with Gasteiger partial charge in [0, 0.05) is 27.4 Å². The molecule has 0 saturated heterocycles. The second kappa shape index (κ2) is 4.81. The van der Waals surface area contributed by atoms with E-state index in [0.717, 1.165) is 27.4 Å². The average Bonchev–Trinajstić information content (AvgIpc) is 3.37. The molecule has 25 heavy (non-hydrogen) atoms. The molecule has 9 heteroatoms. The summed E-state index contributed by atoms with van der Waals surface area (Å²) in [7, 11) is 0. The fourth-order valence-corrected chi connectivity index (χ4v) is 3.30. The Kier molecular flexibility index (Phi) is 2.60. The summed E-state index contributed by atoms with van der Waals surface area (Å²) in [5.41, 5.74) is 18.2. The van der Waals surface area contributed by atoms with Crippen molar-refractivity contribution in [3.8, 4) is 22.5 Å². The first-order valence-corrected chi connectivity index (χ1v) is 7.59. The first-order chi connectivity index (χ1) is 12.3. The van der Waals surface area contributed by atoms with E-state index in [9.17, 15) is 0 Å². The second-order valence-electron chi connectivity index (χ2n) is 5.71. The first kappa shape index (κ1) is 13.5. The molecule has 0 amide bonds. The van der Waals surface area contributed by atoms with E-state index in [1.165, 1.54) is 0 Å². The number of nitrogens with one attached hydrogen (secondary N) is 3. The number of aromatic amines is 3. The summed E-state index contributed by atoms with van der Waals surface area (Å²) >= 11 is 0. The number of hydrogen-bond donors (Lipinski definition) is 5. The Balaban J connectivity index is 2.05. The molecule has 0 spiro atoms. The Morgan fingerprint density at radius 2 is 1.48 bits per heavy atom. The zero-order valence-corrected chi connectivity index (χ0v) is 12.9. The highest BCUT2D eigenvalue weighted by Gasteiger charge is 2.24. The highest BCUT2D eigenvalue weighted by Crippen LogP contribution is 2.46. The number of anilines is 2. The highest BCUT2D eigenvalue weighted by molar-refractivity contribution is 6.22. The summed E-state index contributed by atoms with van der Waals surface area (Å²) in [5.74, 6) is 0. The molecule has 9 nitrogen and oxygen atoms in total. The monoisotopic (exact) mass is 331 g/mol. The number of para-hydroxylation sites is 1. The molecule has 0 aliphatic rings. The van der Waals surface area contributed by atoms with E-state index in [0.29, 0.717) is 28.3 Å². The van der Waals surface area contributed by atoms with Crippen LogP contribution in [0.2, 0.25) is 0 Å². The lowest BCUT2D eigenvalue weighted by Crippen LogP contribution is -2.01. The molecule has 122 valence electrons. The molecule has 0 atom stereocenters. The Bertz CT molecular complexity index is 1200. The van der Waals surface area contributed by atoms with Gasteiger partial charge in [-0.15, -0.1) is 0 Å². The normalized spacial score (nSPS) is 11.5. The molecule has 5 rings (SSSR count). The Labute approximate surface area is 140 Å². The molecule has 0 bridgehead atoms. The third-order valence-electron chi connectivity index (χ3n) is 4.38. The van der Waals surface area contributed by atoms with Crippen LogP contribution in [0.5, 0.6) is 0 Å². The van der Waals surface area contributed by atoms with E-state index in [1.807, 2.05) is 24.3 Å². The van der Waals surface area contributed by atoms with Gasteiger partial charge in [-0.3, -0.25) is 0 Å². The van der Waals surface area contributed by atoms with Crippen LogP contribution in [0, 0.1) is 0 Å². The molecule has 7 N–H and O–H groups in total. The third kappa shape index (κ3) is 1.77. The lowest BCUT2D eigenvalue weighted by Gasteiger charge is -2.13. The van der Waals surface area contributed by atoms with Gasteiger partial charge < -0.3 is 16.5 Å². The van der Waals surface area contributed by atoms with Gasteiger partial charge in [0.15, 0.2) is 0 Å².